The Kier molecular flexibility index (Phi) is 6.52. The standard InChI is InChI=1S/C25H30NO2P/c1-26(2)29(21-13-12-20-25(27)28,22-14-6-3-7-15-22,23-16-8-4-9-17-23)24-18-10-5-11-19-24/h3-11,14-19H,12-13,20-21H2,1-2H3,(H,27,28). The zero-order valence-corrected chi connectivity index (χ0v) is 18.1. The Morgan fingerprint density at radius 2 is 1.10 bits per heavy atom. The molecule has 0 aliphatic heterocycles. The van der Waals surface area contributed by atoms with Crippen molar-refractivity contribution in [1.29, 1.82) is 0 Å². The monoisotopic (exact) mass is 407 g/mol. The topological polar surface area (TPSA) is 40.5 Å². The van der Waals surface area contributed by atoms with Crippen molar-refractivity contribution in [3.8, 4) is 0 Å². The molecule has 0 aromatic heterocycles. The van der Waals surface area contributed by atoms with E-state index in [2.05, 4.69) is 110 Å². The minimum atomic E-state index is -3.00. The predicted octanol–water partition coefficient (Wildman–Crippen LogP) is 4.25. The summed E-state index contributed by atoms with van der Waals surface area (Å²) < 4.78 is 2.44. The summed E-state index contributed by atoms with van der Waals surface area (Å²) in [6.07, 6.45) is 2.64. The molecule has 3 aromatic carbocycles. The fourth-order valence-electron chi connectivity index (χ4n) is 4.67. The molecule has 3 nitrogen and oxygen atoms in total. The van der Waals surface area contributed by atoms with E-state index in [1.807, 2.05) is 0 Å². The quantitative estimate of drug-likeness (QED) is 0.426. The van der Waals surface area contributed by atoms with E-state index in [1.165, 1.54) is 15.9 Å². The molecule has 3 rings (SSSR count). The average Bonchev–Trinajstić information content (AvgIpc) is 2.76. The van der Waals surface area contributed by atoms with Crippen LogP contribution < -0.4 is 15.9 Å². The summed E-state index contributed by atoms with van der Waals surface area (Å²) in [6, 6.07) is 32.3. The molecule has 0 saturated heterocycles. The van der Waals surface area contributed by atoms with Crippen LogP contribution in [0.5, 0.6) is 0 Å². The second-order valence-corrected chi connectivity index (χ2v) is 13.0. The van der Waals surface area contributed by atoms with Crippen LogP contribution in [0.4, 0.5) is 0 Å². The molecule has 4 heteroatoms. The fraction of sp³-hybridized carbons (Fsp3) is 0.240. The maximum atomic E-state index is 11.1. The van der Waals surface area contributed by atoms with Crippen LogP contribution in [0.15, 0.2) is 91.0 Å². The van der Waals surface area contributed by atoms with Crippen LogP contribution >= 0.6 is 6.75 Å². The molecular formula is C25H30NO2P. The summed E-state index contributed by atoms with van der Waals surface area (Å²) in [5.41, 5.74) is 0. The van der Waals surface area contributed by atoms with Crippen LogP contribution in [0.3, 0.4) is 0 Å². The van der Waals surface area contributed by atoms with Gasteiger partial charge in [-0.2, -0.15) is 0 Å². The van der Waals surface area contributed by atoms with E-state index in [4.69, 9.17) is 5.11 Å². The third kappa shape index (κ3) is 3.61. The van der Waals surface area contributed by atoms with Gasteiger partial charge in [-0.3, -0.25) is 0 Å². The third-order valence-electron chi connectivity index (χ3n) is 6.05. The zero-order chi connectivity index (χ0) is 20.8. The van der Waals surface area contributed by atoms with E-state index in [0.717, 1.165) is 12.6 Å². The van der Waals surface area contributed by atoms with E-state index >= 15 is 0 Å². The van der Waals surface area contributed by atoms with Crippen molar-refractivity contribution in [2.45, 2.75) is 19.3 Å². The number of rotatable bonds is 9. The van der Waals surface area contributed by atoms with Gasteiger partial charge in [-0.1, -0.05) is 0 Å². The van der Waals surface area contributed by atoms with Crippen LogP contribution in [0.1, 0.15) is 19.3 Å². The van der Waals surface area contributed by atoms with Crippen LogP contribution in [0.25, 0.3) is 0 Å². The molecule has 1 N–H and O–H groups in total. The SMILES string of the molecule is CN(C)P(CCCCC(=O)O)(c1ccccc1)(c1ccccc1)c1ccccc1. The number of unbranched alkanes of at least 4 members (excludes halogenated alkanes) is 1. The second-order valence-electron chi connectivity index (χ2n) is 7.68. The van der Waals surface area contributed by atoms with Crippen LogP contribution in [-0.4, -0.2) is 36.0 Å². The van der Waals surface area contributed by atoms with Gasteiger partial charge in [0.1, 0.15) is 0 Å². The van der Waals surface area contributed by atoms with Gasteiger partial charge < -0.3 is 0 Å². The average molecular weight is 407 g/mol. The summed E-state index contributed by atoms with van der Waals surface area (Å²) >= 11 is 0. The van der Waals surface area contributed by atoms with E-state index in [-0.39, 0.29) is 6.42 Å². The van der Waals surface area contributed by atoms with Crippen molar-refractivity contribution >= 4 is 28.6 Å². The van der Waals surface area contributed by atoms with Crippen LogP contribution in [-0.2, 0) is 4.79 Å². The van der Waals surface area contributed by atoms with Gasteiger partial charge in [0.15, 0.2) is 0 Å². The number of carbonyl (C=O) groups is 1. The third-order valence-corrected chi connectivity index (χ3v) is 13.2. The molecule has 152 valence electrons. The predicted molar refractivity (Wildman–Crippen MR) is 125 cm³/mol. The molecule has 0 fully saturated rings. The van der Waals surface area contributed by atoms with Gasteiger partial charge in [-0.25, -0.2) is 0 Å². The summed E-state index contributed by atoms with van der Waals surface area (Å²) in [7, 11) is 4.37. The molecular weight excluding hydrogens is 377 g/mol. The first-order valence-corrected chi connectivity index (χ1v) is 12.5. The summed E-state index contributed by atoms with van der Waals surface area (Å²) in [5.74, 6) is -0.727. The van der Waals surface area contributed by atoms with E-state index in [9.17, 15) is 4.79 Å². The molecule has 0 bridgehead atoms. The molecule has 0 aliphatic rings. The molecule has 3 aromatic rings. The molecule has 0 radical (unpaired) electrons. The number of carboxylic acids is 1. The molecule has 0 heterocycles. The molecule has 0 saturated carbocycles. The van der Waals surface area contributed by atoms with E-state index < -0.39 is 12.7 Å². The van der Waals surface area contributed by atoms with Crippen LogP contribution in [0, 0.1) is 0 Å². The first kappa shape index (κ1) is 21.2. The Labute approximate surface area is 174 Å². The first-order valence-electron chi connectivity index (χ1n) is 10.1. The molecule has 0 unspecified atom stereocenters. The molecule has 0 atom stereocenters. The van der Waals surface area contributed by atoms with E-state index in [0.29, 0.717) is 6.42 Å². The van der Waals surface area contributed by atoms with E-state index in [1.54, 1.807) is 0 Å². The number of aliphatic carboxylic acids is 1. The first-order chi connectivity index (χ1) is 14.0. The van der Waals surface area contributed by atoms with Crippen molar-refractivity contribution in [3.63, 3.8) is 0 Å². The summed E-state index contributed by atoms with van der Waals surface area (Å²) in [5, 5.41) is 13.1. The van der Waals surface area contributed by atoms with Gasteiger partial charge in [0.25, 0.3) is 0 Å². The van der Waals surface area contributed by atoms with Gasteiger partial charge in [-0.15, -0.1) is 0 Å². The minimum absolute atomic E-state index is 0.207. The number of hydrogen-bond donors (Lipinski definition) is 1. The number of benzene rings is 3. The Hall–Kier alpha value is -2.48. The summed E-state index contributed by atoms with van der Waals surface area (Å²) in [4.78, 5) is 11.1. The number of nitrogens with zero attached hydrogens (tertiary/aromatic N) is 1. The fourth-order valence-corrected chi connectivity index (χ4v) is 11.4. The zero-order valence-electron chi connectivity index (χ0n) is 17.2. The molecule has 0 spiro atoms. The van der Waals surface area contributed by atoms with Crippen molar-refractivity contribution in [2.75, 3.05) is 20.3 Å². The van der Waals surface area contributed by atoms with Gasteiger partial charge in [0, 0.05) is 0 Å². The van der Waals surface area contributed by atoms with Crippen LogP contribution in [0.2, 0.25) is 0 Å². The Morgan fingerprint density at radius 1 is 0.724 bits per heavy atom. The van der Waals surface area contributed by atoms with Gasteiger partial charge >= 0.3 is 174 Å². The van der Waals surface area contributed by atoms with Gasteiger partial charge in [0.2, 0.25) is 0 Å². The summed E-state index contributed by atoms with van der Waals surface area (Å²) in [6.45, 7) is -3.00. The van der Waals surface area contributed by atoms with Crippen molar-refractivity contribution in [2.24, 2.45) is 0 Å². The molecule has 0 amide bonds. The molecule has 29 heavy (non-hydrogen) atoms. The Bertz CT molecular complexity index is 827. The number of hydrogen-bond acceptors (Lipinski definition) is 2. The van der Waals surface area contributed by atoms with Gasteiger partial charge in [-0.05, 0) is 0 Å². The van der Waals surface area contributed by atoms with Crippen molar-refractivity contribution in [1.82, 2.24) is 4.67 Å². The van der Waals surface area contributed by atoms with Crippen molar-refractivity contribution < 1.29 is 9.90 Å². The van der Waals surface area contributed by atoms with Gasteiger partial charge in [0.05, 0.1) is 0 Å². The number of carboxylic acid groups (broad SMARTS) is 1. The maximum absolute atomic E-state index is 11.1. The second kappa shape index (κ2) is 8.90. The molecule has 0 aliphatic carbocycles. The van der Waals surface area contributed by atoms with Crippen molar-refractivity contribution in [3.05, 3.63) is 91.0 Å². The normalized spacial score (nSPS) is 13.0. The Balaban J connectivity index is 2.34. The Morgan fingerprint density at radius 3 is 1.41 bits per heavy atom.